The summed E-state index contributed by atoms with van der Waals surface area (Å²) in [5, 5.41) is 6.19. The van der Waals surface area contributed by atoms with E-state index in [2.05, 4.69) is 15.2 Å². The van der Waals surface area contributed by atoms with E-state index in [0.29, 0.717) is 10.7 Å². The Labute approximate surface area is 103 Å². The molecule has 0 amide bonds. The third-order valence-corrected chi connectivity index (χ3v) is 4.02. The molecule has 17 heavy (non-hydrogen) atoms. The van der Waals surface area contributed by atoms with E-state index in [1.54, 1.807) is 24.3 Å². The highest BCUT2D eigenvalue weighted by atomic mass is 35.5. The Bertz CT molecular complexity index is 594. The Morgan fingerprint density at radius 1 is 1.29 bits per heavy atom. The van der Waals surface area contributed by atoms with Gasteiger partial charge < -0.3 is 0 Å². The van der Waals surface area contributed by atoms with E-state index in [0.717, 1.165) is 4.31 Å². The van der Waals surface area contributed by atoms with Crippen molar-refractivity contribution in [3.63, 3.8) is 0 Å². The molecular formula is C9H9ClN4O2S. The quantitative estimate of drug-likeness (QED) is 0.913. The topological polar surface area (TPSA) is 79.0 Å². The number of H-pyrrole nitrogens is 1. The number of halogens is 1. The van der Waals surface area contributed by atoms with Gasteiger partial charge in [-0.3, -0.25) is 9.40 Å². The fourth-order valence-electron chi connectivity index (χ4n) is 1.23. The smallest absolute Gasteiger partial charge is 0.267 e. The summed E-state index contributed by atoms with van der Waals surface area (Å²) in [6, 6.07) is 6.43. The summed E-state index contributed by atoms with van der Waals surface area (Å²) in [7, 11) is -2.30. The number of rotatable bonds is 3. The first-order chi connectivity index (χ1) is 8.01. The maximum absolute atomic E-state index is 12.0. The molecule has 0 spiro atoms. The van der Waals surface area contributed by atoms with Gasteiger partial charge in [-0.2, -0.15) is 8.42 Å². The van der Waals surface area contributed by atoms with Crippen molar-refractivity contribution in [1.82, 2.24) is 15.2 Å². The van der Waals surface area contributed by atoms with Crippen LogP contribution >= 0.6 is 11.6 Å². The van der Waals surface area contributed by atoms with Crippen molar-refractivity contribution in [2.75, 3.05) is 11.4 Å². The van der Waals surface area contributed by atoms with E-state index >= 15 is 0 Å². The van der Waals surface area contributed by atoms with E-state index in [1.807, 2.05) is 0 Å². The van der Waals surface area contributed by atoms with Crippen molar-refractivity contribution in [2.45, 2.75) is 5.16 Å². The second-order valence-electron chi connectivity index (χ2n) is 3.23. The Balaban J connectivity index is 2.38. The molecule has 0 saturated carbocycles. The van der Waals surface area contributed by atoms with Crippen LogP contribution in [0, 0.1) is 0 Å². The summed E-state index contributed by atoms with van der Waals surface area (Å²) >= 11 is 5.73. The molecule has 0 aliphatic rings. The normalized spacial score (nSPS) is 11.4. The fraction of sp³-hybridized carbons (Fsp3) is 0.111. The van der Waals surface area contributed by atoms with Crippen molar-refractivity contribution in [3.05, 3.63) is 35.6 Å². The Morgan fingerprint density at radius 3 is 2.47 bits per heavy atom. The molecule has 0 bridgehead atoms. The van der Waals surface area contributed by atoms with Crippen LogP contribution in [0.2, 0.25) is 5.02 Å². The van der Waals surface area contributed by atoms with Crippen LogP contribution in [0.3, 0.4) is 0 Å². The highest BCUT2D eigenvalue weighted by Crippen LogP contribution is 2.21. The van der Waals surface area contributed by atoms with Crippen LogP contribution in [0.4, 0.5) is 5.69 Å². The molecule has 0 aliphatic carbocycles. The van der Waals surface area contributed by atoms with E-state index in [4.69, 9.17) is 11.6 Å². The van der Waals surface area contributed by atoms with Crippen molar-refractivity contribution in [3.8, 4) is 0 Å². The molecule has 1 N–H and O–H groups in total. The zero-order chi connectivity index (χ0) is 12.5. The fourth-order valence-corrected chi connectivity index (χ4v) is 2.36. The number of benzene rings is 1. The molecule has 6 nitrogen and oxygen atoms in total. The van der Waals surface area contributed by atoms with Crippen LogP contribution in [-0.4, -0.2) is 30.6 Å². The first-order valence-corrected chi connectivity index (χ1v) is 6.44. The van der Waals surface area contributed by atoms with Gasteiger partial charge in [-0.05, 0) is 24.3 Å². The number of hydrogen-bond acceptors (Lipinski definition) is 4. The Morgan fingerprint density at radius 2 is 1.94 bits per heavy atom. The predicted molar refractivity (Wildman–Crippen MR) is 63.4 cm³/mol. The number of nitrogens with one attached hydrogen (secondary N) is 1. The van der Waals surface area contributed by atoms with Gasteiger partial charge in [-0.1, -0.05) is 11.6 Å². The Hall–Kier alpha value is -1.60. The summed E-state index contributed by atoms with van der Waals surface area (Å²) in [5.41, 5.74) is 0.485. The molecule has 0 radical (unpaired) electrons. The van der Waals surface area contributed by atoms with Gasteiger partial charge in [0.1, 0.15) is 6.33 Å². The summed E-state index contributed by atoms with van der Waals surface area (Å²) in [5.74, 6) is 0. The van der Waals surface area contributed by atoms with Gasteiger partial charge >= 0.3 is 10.0 Å². The van der Waals surface area contributed by atoms with Crippen LogP contribution in [0.25, 0.3) is 0 Å². The molecule has 90 valence electrons. The molecule has 0 unspecified atom stereocenters. The largest absolute Gasteiger partial charge is 0.301 e. The van der Waals surface area contributed by atoms with E-state index in [-0.39, 0.29) is 5.16 Å². The number of aromatic nitrogens is 3. The minimum absolute atomic E-state index is 0.269. The lowest BCUT2D eigenvalue weighted by Gasteiger charge is -2.16. The minimum atomic E-state index is -3.72. The summed E-state index contributed by atoms with van der Waals surface area (Å²) < 4.78 is 25.1. The molecular weight excluding hydrogens is 264 g/mol. The van der Waals surface area contributed by atoms with Crippen molar-refractivity contribution < 1.29 is 8.42 Å². The Kier molecular flexibility index (Phi) is 3.03. The first kappa shape index (κ1) is 11.9. The maximum Gasteiger partial charge on any atom is 0.301 e. The molecule has 2 aromatic rings. The average molecular weight is 273 g/mol. The van der Waals surface area contributed by atoms with Crippen LogP contribution in [-0.2, 0) is 10.0 Å². The zero-order valence-corrected chi connectivity index (χ0v) is 10.4. The van der Waals surface area contributed by atoms with E-state index < -0.39 is 10.0 Å². The van der Waals surface area contributed by atoms with Crippen LogP contribution in [0.15, 0.2) is 35.7 Å². The second kappa shape index (κ2) is 4.34. The summed E-state index contributed by atoms with van der Waals surface area (Å²) in [4.78, 5) is 3.63. The lowest BCUT2D eigenvalue weighted by atomic mass is 10.3. The third kappa shape index (κ3) is 2.25. The van der Waals surface area contributed by atoms with Crippen LogP contribution in [0.1, 0.15) is 0 Å². The third-order valence-electron chi connectivity index (χ3n) is 2.17. The lowest BCUT2D eigenvalue weighted by Crippen LogP contribution is -2.27. The van der Waals surface area contributed by atoms with Gasteiger partial charge in [0.15, 0.2) is 0 Å². The highest BCUT2D eigenvalue weighted by molar-refractivity contribution is 7.92. The zero-order valence-electron chi connectivity index (χ0n) is 8.83. The number of aromatic amines is 1. The first-order valence-electron chi connectivity index (χ1n) is 4.62. The van der Waals surface area contributed by atoms with Gasteiger partial charge in [0.2, 0.25) is 0 Å². The van der Waals surface area contributed by atoms with Crippen molar-refractivity contribution >= 4 is 27.3 Å². The van der Waals surface area contributed by atoms with Gasteiger partial charge in [0.25, 0.3) is 5.16 Å². The second-order valence-corrected chi connectivity index (χ2v) is 5.53. The summed E-state index contributed by atoms with van der Waals surface area (Å²) in [6.45, 7) is 0. The highest BCUT2D eigenvalue weighted by Gasteiger charge is 2.24. The summed E-state index contributed by atoms with van der Waals surface area (Å²) in [6.07, 6.45) is 1.21. The van der Waals surface area contributed by atoms with Gasteiger partial charge in [-0.25, -0.2) is 4.98 Å². The average Bonchev–Trinajstić information content (AvgIpc) is 2.83. The minimum Gasteiger partial charge on any atom is -0.267 e. The maximum atomic E-state index is 12.0. The van der Waals surface area contributed by atoms with Crippen molar-refractivity contribution in [2.24, 2.45) is 0 Å². The van der Waals surface area contributed by atoms with Crippen molar-refractivity contribution in [1.29, 1.82) is 0 Å². The number of anilines is 1. The lowest BCUT2D eigenvalue weighted by molar-refractivity contribution is 0.586. The molecule has 1 aromatic heterocycles. The van der Waals surface area contributed by atoms with E-state index in [9.17, 15) is 8.42 Å². The SMILES string of the molecule is CN(c1ccc(Cl)cc1)S(=O)(=O)c1nc[nH]n1. The molecule has 0 aliphatic heterocycles. The van der Waals surface area contributed by atoms with Gasteiger partial charge in [0.05, 0.1) is 5.69 Å². The molecule has 8 heteroatoms. The van der Waals surface area contributed by atoms with Gasteiger partial charge in [-0.15, -0.1) is 5.10 Å². The van der Waals surface area contributed by atoms with Crippen LogP contribution in [0.5, 0.6) is 0 Å². The van der Waals surface area contributed by atoms with Gasteiger partial charge in [0, 0.05) is 12.1 Å². The van der Waals surface area contributed by atoms with Crippen LogP contribution < -0.4 is 4.31 Å². The molecule has 0 atom stereocenters. The number of nitrogens with zero attached hydrogens (tertiary/aromatic N) is 3. The molecule has 0 saturated heterocycles. The standard InChI is InChI=1S/C9H9ClN4O2S/c1-14(8-4-2-7(10)3-5-8)17(15,16)9-11-6-12-13-9/h2-6H,1H3,(H,11,12,13). The predicted octanol–water partition coefficient (Wildman–Crippen LogP) is 1.28. The molecule has 1 heterocycles. The van der Waals surface area contributed by atoms with E-state index in [1.165, 1.54) is 13.4 Å². The molecule has 0 fully saturated rings. The molecule has 1 aromatic carbocycles. The monoisotopic (exact) mass is 272 g/mol. The number of hydrogen-bond donors (Lipinski definition) is 1. The molecule has 2 rings (SSSR count). The number of sulfonamides is 1.